The fraction of sp³-hybridized carbons (Fsp3) is 0.750. The monoisotopic (exact) mass is 373 g/mol. The number of aryl methyl sites for hydroxylation is 1. The van der Waals surface area contributed by atoms with Crippen molar-refractivity contribution < 1.29 is 9.53 Å². The second-order valence-corrected chi connectivity index (χ2v) is 8.37. The molecule has 3 saturated heterocycles. The van der Waals surface area contributed by atoms with Gasteiger partial charge in [-0.3, -0.25) is 4.90 Å². The molecule has 0 aromatic carbocycles. The van der Waals surface area contributed by atoms with Gasteiger partial charge >= 0.3 is 6.09 Å². The highest BCUT2D eigenvalue weighted by Crippen LogP contribution is 2.30. The van der Waals surface area contributed by atoms with Crippen molar-refractivity contribution in [2.24, 2.45) is 0 Å². The highest BCUT2D eigenvalue weighted by molar-refractivity contribution is 5.71. The number of likely N-dealkylation sites (tertiary alicyclic amines) is 1. The Balaban J connectivity index is 1.42. The Morgan fingerprint density at radius 2 is 1.93 bits per heavy atom. The minimum Gasteiger partial charge on any atom is -0.442 e. The molecule has 1 aromatic rings. The van der Waals surface area contributed by atoms with Gasteiger partial charge in [-0.2, -0.15) is 0 Å². The maximum atomic E-state index is 12.3. The molecule has 3 aliphatic rings. The number of hydrogen-bond donors (Lipinski definition) is 0. The van der Waals surface area contributed by atoms with Gasteiger partial charge in [-0.25, -0.2) is 14.8 Å². The van der Waals surface area contributed by atoms with Crippen LogP contribution < -0.4 is 4.90 Å². The van der Waals surface area contributed by atoms with E-state index in [1.54, 1.807) is 0 Å². The molecule has 0 spiro atoms. The summed E-state index contributed by atoms with van der Waals surface area (Å²) in [6.07, 6.45) is 3.67. The molecule has 0 radical (unpaired) electrons. The Morgan fingerprint density at radius 3 is 2.67 bits per heavy atom. The van der Waals surface area contributed by atoms with Crippen LogP contribution in [0, 0.1) is 6.92 Å². The third-order valence-electron chi connectivity index (χ3n) is 5.93. The molecular weight excluding hydrogens is 342 g/mol. The minimum absolute atomic E-state index is 0.0587. The number of amides is 1. The third kappa shape index (κ3) is 3.88. The summed E-state index contributed by atoms with van der Waals surface area (Å²) in [4.78, 5) is 28.3. The van der Waals surface area contributed by atoms with Crippen molar-refractivity contribution >= 4 is 11.9 Å². The molecule has 148 valence electrons. The smallest absolute Gasteiger partial charge is 0.410 e. The first kappa shape index (κ1) is 18.5. The zero-order valence-electron chi connectivity index (χ0n) is 16.7. The first-order valence-electron chi connectivity index (χ1n) is 10.3. The Morgan fingerprint density at radius 1 is 1.15 bits per heavy atom. The zero-order chi connectivity index (χ0) is 19.0. The predicted molar refractivity (Wildman–Crippen MR) is 104 cm³/mol. The molecule has 7 nitrogen and oxygen atoms in total. The number of aromatic nitrogens is 2. The Bertz CT molecular complexity index is 689. The predicted octanol–water partition coefficient (Wildman–Crippen LogP) is 2.40. The van der Waals surface area contributed by atoms with Gasteiger partial charge in [0.1, 0.15) is 17.7 Å². The summed E-state index contributed by atoms with van der Waals surface area (Å²) in [5.41, 5.74) is 0.986. The highest BCUT2D eigenvalue weighted by atomic mass is 16.6. The average molecular weight is 374 g/mol. The molecule has 0 aliphatic carbocycles. The van der Waals surface area contributed by atoms with Crippen LogP contribution in [-0.4, -0.2) is 77.3 Å². The lowest BCUT2D eigenvalue weighted by Gasteiger charge is -2.29. The van der Waals surface area contributed by atoms with E-state index in [9.17, 15) is 4.79 Å². The van der Waals surface area contributed by atoms with Crippen LogP contribution in [0.4, 0.5) is 10.6 Å². The van der Waals surface area contributed by atoms with Crippen LogP contribution in [-0.2, 0) is 4.74 Å². The van der Waals surface area contributed by atoms with Gasteiger partial charge in [-0.15, -0.1) is 0 Å². The van der Waals surface area contributed by atoms with Gasteiger partial charge in [0.2, 0.25) is 0 Å². The fourth-order valence-electron chi connectivity index (χ4n) is 4.38. The number of hydrogen-bond acceptors (Lipinski definition) is 6. The quantitative estimate of drug-likeness (QED) is 0.790. The van der Waals surface area contributed by atoms with E-state index in [1.807, 2.05) is 17.9 Å². The van der Waals surface area contributed by atoms with E-state index in [2.05, 4.69) is 28.6 Å². The Labute approximate surface area is 161 Å². The van der Waals surface area contributed by atoms with Crippen molar-refractivity contribution in [3.63, 3.8) is 0 Å². The molecule has 0 saturated carbocycles. The van der Waals surface area contributed by atoms with Crippen molar-refractivity contribution in [2.45, 2.75) is 58.1 Å². The average Bonchev–Trinajstić information content (AvgIpc) is 3.17. The van der Waals surface area contributed by atoms with E-state index in [4.69, 9.17) is 9.72 Å². The van der Waals surface area contributed by atoms with Gasteiger partial charge in [0.05, 0.1) is 12.6 Å². The van der Waals surface area contributed by atoms with E-state index in [1.165, 1.54) is 19.3 Å². The van der Waals surface area contributed by atoms with Crippen LogP contribution in [0.25, 0.3) is 0 Å². The largest absolute Gasteiger partial charge is 0.442 e. The molecule has 3 fully saturated rings. The normalized spacial score (nSPS) is 26.0. The molecule has 7 heteroatoms. The highest BCUT2D eigenvalue weighted by Gasteiger charge is 2.48. The van der Waals surface area contributed by atoms with Gasteiger partial charge in [-0.1, -0.05) is 20.3 Å². The van der Waals surface area contributed by atoms with Gasteiger partial charge in [-0.05, 0) is 32.9 Å². The molecule has 1 aromatic heterocycles. The lowest BCUT2D eigenvalue weighted by atomic mass is 10.1. The van der Waals surface area contributed by atoms with E-state index in [-0.39, 0.29) is 18.2 Å². The molecular formula is C20H31N5O2. The summed E-state index contributed by atoms with van der Waals surface area (Å²) in [6.45, 7) is 11.7. The number of rotatable bonds is 5. The molecule has 0 N–H and O–H groups in total. The van der Waals surface area contributed by atoms with E-state index >= 15 is 0 Å². The van der Waals surface area contributed by atoms with Crippen molar-refractivity contribution in [1.82, 2.24) is 19.8 Å². The van der Waals surface area contributed by atoms with Crippen molar-refractivity contribution in [3.8, 4) is 0 Å². The lowest BCUT2D eigenvalue weighted by molar-refractivity contribution is 0.132. The number of ether oxygens (including phenoxy) is 1. The first-order valence-corrected chi connectivity index (χ1v) is 10.3. The summed E-state index contributed by atoms with van der Waals surface area (Å²) < 4.78 is 5.68. The van der Waals surface area contributed by atoms with Gasteiger partial charge in [0, 0.05) is 37.3 Å². The van der Waals surface area contributed by atoms with E-state index < -0.39 is 0 Å². The summed E-state index contributed by atoms with van der Waals surface area (Å²) in [5, 5.41) is 0. The number of fused-ring (bicyclic) bond motifs is 1. The number of carbonyl (C=O) groups is 1. The van der Waals surface area contributed by atoms with Crippen LogP contribution in [0.2, 0.25) is 0 Å². The summed E-state index contributed by atoms with van der Waals surface area (Å²) >= 11 is 0. The van der Waals surface area contributed by atoms with Crippen LogP contribution in [0.1, 0.15) is 50.5 Å². The summed E-state index contributed by atoms with van der Waals surface area (Å²) in [5.74, 6) is 2.12. The molecule has 3 aliphatic heterocycles. The lowest BCUT2D eigenvalue weighted by Crippen LogP contribution is -2.43. The number of anilines is 1. The van der Waals surface area contributed by atoms with Gasteiger partial charge < -0.3 is 14.5 Å². The Kier molecular flexibility index (Phi) is 5.21. The summed E-state index contributed by atoms with van der Waals surface area (Å²) in [7, 11) is 0. The Hall–Kier alpha value is -1.89. The van der Waals surface area contributed by atoms with Crippen LogP contribution in [0.15, 0.2) is 6.07 Å². The molecule has 4 heterocycles. The number of piperidine rings is 1. The standard InChI is InChI=1S/C20H31N5O2/c1-14(2)19-21-15(3)11-18(22-19)24-12-16-17(13-24)27-20(26)25(16)10-9-23-7-5-4-6-8-23/h11,14,16-17H,4-10,12-13H2,1-3H3/t16-,17+/m0/s1. The van der Waals surface area contributed by atoms with Crippen molar-refractivity contribution in [3.05, 3.63) is 17.6 Å². The second kappa shape index (κ2) is 7.62. The number of carbonyl (C=O) groups excluding carboxylic acids is 1. The molecule has 0 bridgehead atoms. The molecule has 1 amide bonds. The molecule has 0 unspecified atom stereocenters. The topological polar surface area (TPSA) is 61.8 Å². The SMILES string of the molecule is Cc1cc(N2C[C@H]3OC(=O)N(CCN4CCCCC4)[C@H]3C2)nc(C(C)C)n1. The maximum absolute atomic E-state index is 12.3. The fourth-order valence-corrected chi connectivity index (χ4v) is 4.38. The van der Waals surface area contributed by atoms with Crippen LogP contribution >= 0.6 is 0 Å². The van der Waals surface area contributed by atoms with Crippen molar-refractivity contribution in [2.75, 3.05) is 44.2 Å². The van der Waals surface area contributed by atoms with Gasteiger partial charge in [0.15, 0.2) is 0 Å². The zero-order valence-corrected chi connectivity index (χ0v) is 16.7. The van der Waals surface area contributed by atoms with E-state index in [0.717, 1.165) is 50.1 Å². The molecule has 27 heavy (non-hydrogen) atoms. The van der Waals surface area contributed by atoms with Gasteiger partial charge in [0.25, 0.3) is 0 Å². The second-order valence-electron chi connectivity index (χ2n) is 8.37. The first-order chi connectivity index (χ1) is 13.0. The third-order valence-corrected chi connectivity index (χ3v) is 5.93. The molecule has 2 atom stereocenters. The van der Waals surface area contributed by atoms with Crippen LogP contribution in [0.3, 0.4) is 0 Å². The summed E-state index contributed by atoms with van der Waals surface area (Å²) in [6, 6.07) is 2.16. The van der Waals surface area contributed by atoms with Crippen molar-refractivity contribution in [1.29, 1.82) is 0 Å². The molecule has 4 rings (SSSR count). The number of nitrogens with zero attached hydrogens (tertiary/aromatic N) is 5. The van der Waals surface area contributed by atoms with Crippen LogP contribution in [0.5, 0.6) is 0 Å². The minimum atomic E-state index is -0.150. The maximum Gasteiger partial charge on any atom is 0.410 e. The van der Waals surface area contributed by atoms with E-state index in [0.29, 0.717) is 12.5 Å².